The van der Waals surface area contributed by atoms with Crippen LogP contribution in [0.25, 0.3) is 0 Å². The molecule has 0 heterocycles. The van der Waals surface area contributed by atoms with E-state index in [1.54, 1.807) is 57.2 Å². The molecule has 5 N–H and O–H groups in total. The molecule has 0 saturated heterocycles. The van der Waals surface area contributed by atoms with Crippen molar-refractivity contribution in [1.82, 2.24) is 0 Å². The van der Waals surface area contributed by atoms with Crippen molar-refractivity contribution in [3.8, 4) is 17.2 Å². The van der Waals surface area contributed by atoms with Gasteiger partial charge in [0.25, 0.3) is 0 Å². The van der Waals surface area contributed by atoms with Gasteiger partial charge in [-0.05, 0) is 127 Å². The second-order valence-electron chi connectivity index (χ2n) is 15.2. The Hall–Kier alpha value is -7.11. The summed E-state index contributed by atoms with van der Waals surface area (Å²) in [6, 6.07) is 38.4. The van der Waals surface area contributed by atoms with Crippen molar-refractivity contribution in [3.05, 3.63) is 194 Å². The lowest BCUT2D eigenvalue weighted by molar-refractivity contribution is -0.277. The van der Waals surface area contributed by atoms with E-state index >= 15 is 0 Å². The Labute approximate surface area is 389 Å². The molecule has 0 aromatic heterocycles. The van der Waals surface area contributed by atoms with Crippen molar-refractivity contribution in [3.63, 3.8) is 0 Å². The van der Waals surface area contributed by atoms with Gasteiger partial charge in [-0.15, -0.1) is 0 Å². The first kappa shape index (κ1) is 52.5. The molecule has 0 aliphatic rings. The fourth-order valence-electron chi connectivity index (χ4n) is 6.74. The summed E-state index contributed by atoms with van der Waals surface area (Å²) in [7, 11) is 5.59. The number of aromatic hydroxyl groups is 1. The topological polar surface area (TPSA) is 217 Å². The van der Waals surface area contributed by atoms with Crippen LogP contribution in [-0.2, 0) is 43.4 Å². The molecule has 0 saturated carbocycles. The molecular formula is C52H56O15. The summed E-state index contributed by atoms with van der Waals surface area (Å²) in [6.07, 6.45) is 0.763. The van der Waals surface area contributed by atoms with Crippen LogP contribution in [0, 0.1) is 0 Å². The molecule has 3 unspecified atom stereocenters. The van der Waals surface area contributed by atoms with Gasteiger partial charge in [0.05, 0.1) is 28.4 Å². The van der Waals surface area contributed by atoms with Gasteiger partial charge in [-0.25, -0.2) is 29.0 Å². The number of benzene rings is 6. The van der Waals surface area contributed by atoms with E-state index in [0.717, 1.165) is 50.1 Å². The molecular weight excluding hydrogens is 865 g/mol. The van der Waals surface area contributed by atoms with Crippen molar-refractivity contribution in [2.24, 2.45) is 0 Å². The first-order chi connectivity index (χ1) is 32.2. The van der Waals surface area contributed by atoms with Crippen molar-refractivity contribution in [1.29, 1.82) is 0 Å². The first-order valence-electron chi connectivity index (χ1n) is 20.9. The fraction of sp³-hybridized carbons (Fsp3) is 0.250. The van der Waals surface area contributed by atoms with E-state index in [1.807, 2.05) is 84.9 Å². The standard InChI is InChI=1S/C18H20O5.2C17H18O5/c1-12(23-20)15-7-4-13(5-8-15)10-14-6-9-17(21-2)16(11-14)18(19)22-3;1-11(22-20)14-6-3-12(4-7-14)9-13-5-8-16(21-2)15(10-13)17(18)19;1-11(22-20)14-6-3-12(4-7-14)9-13-5-8-16(18)15(10-13)17(19)21-2/h4-9,11-12,20H,10H2,1-3H3;3-8,10-11,20H,9H2,1-2H3,(H,18,19);3-8,10-11,18,20H,9H2,1-2H3. The lowest BCUT2D eigenvalue weighted by Crippen LogP contribution is -2.05. The molecule has 15 heteroatoms. The highest BCUT2D eigenvalue weighted by atomic mass is 17.1. The monoisotopic (exact) mass is 920 g/mol. The molecule has 0 spiro atoms. The zero-order valence-electron chi connectivity index (χ0n) is 38.3. The predicted octanol–water partition coefficient (Wildman–Crippen LogP) is 10.5. The Kier molecular flexibility index (Phi) is 20.5. The minimum absolute atomic E-state index is 0.0973. The number of carboxylic acids is 1. The van der Waals surface area contributed by atoms with Crippen LogP contribution in [0.15, 0.2) is 127 Å². The average molecular weight is 921 g/mol. The van der Waals surface area contributed by atoms with Gasteiger partial charge in [0.1, 0.15) is 52.3 Å². The Bertz CT molecular complexity index is 2520. The quantitative estimate of drug-likeness (QED) is 0.0327. The second kappa shape index (κ2) is 26.1. The van der Waals surface area contributed by atoms with E-state index in [0.29, 0.717) is 36.3 Å². The molecule has 6 aromatic carbocycles. The summed E-state index contributed by atoms with van der Waals surface area (Å²) < 4.78 is 19.7. The normalized spacial score (nSPS) is 11.9. The van der Waals surface area contributed by atoms with Crippen LogP contribution >= 0.6 is 0 Å². The van der Waals surface area contributed by atoms with Crippen LogP contribution in [0.3, 0.4) is 0 Å². The van der Waals surface area contributed by atoms with E-state index in [4.69, 9.17) is 30.0 Å². The van der Waals surface area contributed by atoms with Gasteiger partial charge in [-0.1, -0.05) is 91.0 Å². The number of carbonyl (C=O) groups excluding carboxylic acids is 2. The second-order valence-corrected chi connectivity index (χ2v) is 15.2. The Morgan fingerprint density at radius 2 is 0.731 bits per heavy atom. The maximum Gasteiger partial charge on any atom is 0.341 e. The van der Waals surface area contributed by atoms with Crippen molar-refractivity contribution in [2.45, 2.75) is 58.3 Å². The summed E-state index contributed by atoms with van der Waals surface area (Å²) >= 11 is 0. The average Bonchev–Trinajstić information content (AvgIpc) is 3.36. The third-order valence-corrected chi connectivity index (χ3v) is 10.7. The number of methoxy groups -OCH3 is 4. The molecule has 3 atom stereocenters. The van der Waals surface area contributed by atoms with Gasteiger partial charge >= 0.3 is 17.9 Å². The molecule has 354 valence electrons. The predicted molar refractivity (Wildman–Crippen MR) is 248 cm³/mol. The maximum absolute atomic E-state index is 11.8. The van der Waals surface area contributed by atoms with Crippen LogP contribution in [0.4, 0.5) is 0 Å². The summed E-state index contributed by atoms with van der Waals surface area (Å²) in [5.74, 6) is -1.26. The number of phenols is 1. The van der Waals surface area contributed by atoms with Gasteiger partial charge in [-0.2, -0.15) is 0 Å². The van der Waals surface area contributed by atoms with Gasteiger partial charge in [0, 0.05) is 0 Å². The van der Waals surface area contributed by atoms with Crippen molar-refractivity contribution >= 4 is 17.9 Å². The molecule has 0 amide bonds. The minimum atomic E-state index is -1.01. The number of carboxylic acid groups (broad SMARTS) is 1. The zero-order valence-corrected chi connectivity index (χ0v) is 38.3. The molecule has 67 heavy (non-hydrogen) atoms. The summed E-state index contributed by atoms with van der Waals surface area (Å²) in [5, 5.41) is 44.9. The lowest BCUT2D eigenvalue weighted by atomic mass is 10.0. The third-order valence-electron chi connectivity index (χ3n) is 10.7. The van der Waals surface area contributed by atoms with Gasteiger partial charge in [0.15, 0.2) is 0 Å². The third kappa shape index (κ3) is 15.2. The number of rotatable bonds is 17. The molecule has 0 bridgehead atoms. The highest BCUT2D eigenvalue weighted by Crippen LogP contribution is 2.26. The Morgan fingerprint density at radius 1 is 0.433 bits per heavy atom. The summed E-state index contributed by atoms with van der Waals surface area (Å²) in [4.78, 5) is 47.5. The number of hydrogen-bond donors (Lipinski definition) is 5. The van der Waals surface area contributed by atoms with Crippen LogP contribution in [0.2, 0.25) is 0 Å². The Morgan fingerprint density at radius 3 is 1.06 bits per heavy atom. The number of esters is 2. The molecule has 0 radical (unpaired) electrons. The molecule has 6 aromatic rings. The minimum Gasteiger partial charge on any atom is -0.507 e. The maximum atomic E-state index is 11.8. The van der Waals surface area contributed by atoms with E-state index in [9.17, 15) is 24.6 Å². The zero-order chi connectivity index (χ0) is 49.0. The number of aromatic carboxylic acids is 1. The molecule has 0 aliphatic carbocycles. The van der Waals surface area contributed by atoms with E-state index < -0.39 is 17.9 Å². The SMILES string of the molecule is COC(=O)c1cc(Cc2ccc(C(C)OO)cc2)ccc1O.COC(=O)c1cc(Cc2ccc(C(C)OO)cc2)ccc1OC.COc1ccc(Cc2ccc(C(C)OO)cc2)cc1C(=O)O. The van der Waals surface area contributed by atoms with Crippen LogP contribution < -0.4 is 9.47 Å². The molecule has 0 aliphatic heterocycles. The number of phenolic OH excluding ortho intramolecular Hbond substituents is 1. The van der Waals surface area contributed by atoms with Crippen LogP contribution in [0.1, 0.15) is 120 Å². The van der Waals surface area contributed by atoms with Crippen LogP contribution in [-0.4, -0.2) is 72.3 Å². The largest absolute Gasteiger partial charge is 0.507 e. The van der Waals surface area contributed by atoms with Crippen LogP contribution in [0.5, 0.6) is 17.2 Å². The highest BCUT2D eigenvalue weighted by Gasteiger charge is 2.16. The van der Waals surface area contributed by atoms with Gasteiger partial charge < -0.3 is 29.2 Å². The van der Waals surface area contributed by atoms with Crippen molar-refractivity contribution < 1.29 is 74.0 Å². The fourth-order valence-corrected chi connectivity index (χ4v) is 6.74. The summed E-state index contributed by atoms with van der Waals surface area (Å²) in [6.45, 7) is 5.26. The lowest BCUT2D eigenvalue weighted by Gasteiger charge is -2.11. The van der Waals surface area contributed by atoms with Crippen molar-refractivity contribution in [2.75, 3.05) is 28.4 Å². The Balaban J connectivity index is 0.000000219. The highest BCUT2D eigenvalue weighted by molar-refractivity contribution is 5.93. The van der Waals surface area contributed by atoms with E-state index in [1.165, 1.54) is 34.5 Å². The number of carbonyl (C=O) groups is 3. The van der Waals surface area contributed by atoms with E-state index in [2.05, 4.69) is 19.4 Å². The summed E-state index contributed by atoms with van der Waals surface area (Å²) in [5.41, 5.74) is 9.25. The first-order valence-corrected chi connectivity index (χ1v) is 20.9. The van der Waals surface area contributed by atoms with Gasteiger partial charge in [-0.3, -0.25) is 15.8 Å². The van der Waals surface area contributed by atoms with E-state index in [-0.39, 0.29) is 35.2 Å². The molecule has 15 nitrogen and oxygen atoms in total. The van der Waals surface area contributed by atoms with Gasteiger partial charge in [0.2, 0.25) is 0 Å². The molecule has 0 fully saturated rings. The molecule has 6 rings (SSSR count). The smallest absolute Gasteiger partial charge is 0.341 e. The number of hydrogen-bond acceptors (Lipinski definition) is 14. The number of ether oxygens (including phenoxy) is 4.